The third-order valence-corrected chi connectivity index (χ3v) is 3.48. The number of fused-ring (bicyclic) bond motifs is 1. The van der Waals surface area contributed by atoms with Gasteiger partial charge in [-0.3, -0.25) is 10.1 Å². The number of nitrogens with one attached hydrogen (secondary N) is 2. The van der Waals surface area contributed by atoms with Crippen molar-refractivity contribution in [2.75, 3.05) is 23.7 Å². The molecule has 0 aliphatic carbocycles. The number of aryl methyl sites for hydroxylation is 2. The fourth-order valence-corrected chi connectivity index (χ4v) is 2.39. The van der Waals surface area contributed by atoms with E-state index in [9.17, 15) is 10.1 Å². The average Bonchev–Trinajstić information content (AvgIpc) is 3.00. The van der Waals surface area contributed by atoms with Crippen LogP contribution in [0, 0.1) is 24.0 Å². The molecule has 2 N–H and O–H groups in total. The van der Waals surface area contributed by atoms with Crippen LogP contribution in [0.1, 0.15) is 11.3 Å². The second kappa shape index (κ2) is 6.49. The number of nitro benzene ring substituents is 1. The summed E-state index contributed by atoms with van der Waals surface area (Å²) in [5.41, 5.74) is 2.27. The molecule has 1 aromatic carbocycles. The molecule has 0 aliphatic rings. The summed E-state index contributed by atoms with van der Waals surface area (Å²) >= 11 is 0. The van der Waals surface area contributed by atoms with Crippen molar-refractivity contribution in [1.29, 1.82) is 0 Å². The zero-order chi connectivity index (χ0) is 17.1. The number of aromatic nitrogens is 4. The molecule has 0 spiro atoms. The molecule has 9 heteroatoms. The molecule has 0 saturated heterocycles. The third-order valence-electron chi connectivity index (χ3n) is 3.48. The van der Waals surface area contributed by atoms with Gasteiger partial charge in [0.25, 0.3) is 11.5 Å². The Morgan fingerprint density at radius 2 is 2.00 bits per heavy atom. The number of anilines is 2. The normalized spacial score (nSPS) is 10.8. The minimum absolute atomic E-state index is 0.0772. The van der Waals surface area contributed by atoms with Gasteiger partial charge in [0.1, 0.15) is 17.8 Å². The summed E-state index contributed by atoms with van der Waals surface area (Å²) < 4.78 is 1.61. The Kier molecular flexibility index (Phi) is 4.23. The summed E-state index contributed by atoms with van der Waals surface area (Å²) in [7, 11) is 0. The van der Waals surface area contributed by atoms with Crippen molar-refractivity contribution in [3.63, 3.8) is 0 Å². The fraction of sp³-hybridized carbons (Fsp3) is 0.267. The van der Waals surface area contributed by atoms with Crippen molar-refractivity contribution in [3.05, 3.63) is 52.0 Å². The number of benzene rings is 1. The number of nitrogens with zero attached hydrogens (tertiary/aromatic N) is 5. The molecule has 124 valence electrons. The largest absolute Gasteiger partial charge is 0.378 e. The number of hydrogen-bond donors (Lipinski definition) is 2. The first-order valence-electron chi connectivity index (χ1n) is 7.45. The number of rotatable bonds is 6. The van der Waals surface area contributed by atoms with E-state index in [2.05, 4.69) is 25.7 Å². The van der Waals surface area contributed by atoms with Crippen LogP contribution in [0.3, 0.4) is 0 Å². The molecule has 2 aromatic heterocycles. The van der Waals surface area contributed by atoms with Crippen LogP contribution >= 0.6 is 0 Å². The molecule has 0 bridgehead atoms. The lowest BCUT2D eigenvalue weighted by Crippen LogP contribution is -2.16. The van der Waals surface area contributed by atoms with Crippen molar-refractivity contribution in [1.82, 2.24) is 19.6 Å². The van der Waals surface area contributed by atoms with Crippen LogP contribution in [0.25, 0.3) is 5.78 Å². The maximum atomic E-state index is 11.1. The lowest BCUT2D eigenvalue weighted by molar-refractivity contribution is -0.384. The average molecular weight is 327 g/mol. The number of hydrogen-bond acceptors (Lipinski definition) is 7. The third kappa shape index (κ3) is 3.24. The first kappa shape index (κ1) is 15.7. The summed E-state index contributed by atoms with van der Waals surface area (Å²) in [4.78, 5) is 19.1. The summed E-state index contributed by atoms with van der Waals surface area (Å²) in [6, 6.07) is 6.99. The van der Waals surface area contributed by atoms with Gasteiger partial charge in [-0.2, -0.15) is 14.6 Å². The number of nitro groups is 1. The monoisotopic (exact) mass is 327 g/mol. The lowest BCUT2D eigenvalue weighted by Gasteiger charge is -2.10. The molecule has 0 saturated carbocycles. The van der Waals surface area contributed by atoms with Crippen LogP contribution in [-0.4, -0.2) is 37.6 Å². The summed E-state index contributed by atoms with van der Waals surface area (Å²) in [6.07, 6.45) is 1.45. The molecule has 24 heavy (non-hydrogen) atoms. The van der Waals surface area contributed by atoms with E-state index in [1.807, 2.05) is 26.0 Å². The van der Waals surface area contributed by atoms with Crippen molar-refractivity contribution >= 4 is 23.0 Å². The van der Waals surface area contributed by atoms with Crippen molar-refractivity contribution in [2.24, 2.45) is 0 Å². The van der Waals surface area contributed by atoms with Gasteiger partial charge in [-0.05, 0) is 25.5 Å². The van der Waals surface area contributed by atoms with E-state index in [1.165, 1.54) is 6.33 Å². The van der Waals surface area contributed by atoms with Crippen LogP contribution in [-0.2, 0) is 0 Å². The molecule has 3 aromatic rings. The van der Waals surface area contributed by atoms with E-state index in [0.717, 1.165) is 17.1 Å². The highest BCUT2D eigenvalue weighted by atomic mass is 16.6. The molecule has 3 rings (SSSR count). The highest BCUT2D eigenvalue weighted by molar-refractivity contribution is 5.62. The fourth-order valence-electron chi connectivity index (χ4n) is 2.39. The van der Waals surface area contributed by atoms with E-state index in [1.54, 1.807) is 16.6 Å². The zero-order valence-electron chi connectivity index (χ0n) is 13.4. The summed E-state index contributed by atoms with van der Waals surface area (Å²) in [5, 5.41) is 21.5. The first-order chi connectivity index (χ1) is 11.5. The predicted molar refractivity (Wildman–Crippen MR) is 90.3 cm³/mol. The highest BCUT2D eigenvalue weighted by Gasteiger charge is 2.13. The topological polar surface area (TPSA) is 110 Å². The van der Waals surface area contributed by atoms with Crippen molar-refractivity contribution in [3.8, 4) is 0 Å². The molecule has 0 atom stereocenters. The van der Waals surface area contributed by atoms with Crippen LogP contribution in [0.2, 0.25) is 0 Å². The van der Waals surface area contributed by atoms with Gasteiger partial charge < -0.3 is 10.6 Å². The molecule has 2 heterocycles. The first-order valence-corrected chi connectivity index (χ1v) is 7.45. The second-order valence-electron chi connectivity index (χ2n) is 5.39. The zero-order valence-corrected chi connectivity index (χ0v) is 13.4. The Balaban J connectivity index is 1.65. The summed E-state index contributed by atoms with van der Waals surface area (Å²) in [5.74, 6) is 1.30. The molecule has 0 amide bonds. The van der Waals surface area contributed by atoms with Crippen LogP contribution in [0.15, 0.2) is 30.6 Å². The van der Waals surface area contributed by atoms with Crippen LogP contribution < -0.4 is 10.6 Å². The van der Waals surface area contributed by atoms with E-state index in [0.29, 0.717) is 24.6 Å². The van der Waals surface area contributed by atoms with E-state index >= 15 is 0 Å². The lowest BCUT2D eigenvalue weighted by atomic mass is 10.2. The van der Waals surface area contributed by atoms with E-state index in [4.69, 9.17) is 0 Å². The van der Waals surface area contributed by atoms with Crippen LogP contribution in [0.5, 0.6) is 0 Å². The maximum Gasteiger partial charge on any atom is 0.292 e. The van der Waals surface area contributed by atoms with Crippen molar-refractivity contribution in [2.45, 2.75) is 13.8 Å². The highest BCUT2D eigenvalue weighted by Crippen LogP contribution is 2.24. The molecular weight excluding hydrogens is 310 g/mol. The minimum atomic E-state index is -0.381. The molecule has 0 aliphatic heterocycles. The molecule has 0 unspecified atom stereocenters. The van der Waals surface area contributed by atoms with Gasteiger partial charge in [-0.25, -0.2) is 4.98 Å². The van der Waals surface area contributed by atoms with Gasteiger partial charge in [0.05, 0.1) is 4.92 Å². The van der Waals surface area contributed by atoms with Gasteiger partial charge in [-0.1, -0.05) is 6.07 Å². The Morgan fingerprint density at radius 1 is 1.21 bits per heavy atom. The van der Waals surface area contributed by atoms with Crippen LogP contribution in [0.4, 0.5) is 17.2 Å². The Morgan fingerprint density at radius 3 is 2.79 bits per heavy atom. The molecule has 0 radical (unpaired) electrons. The molecule has 0 fully saturated rings. The Hall–Kier alpha value is -3.23. The SMILES string of the molecule is Cc1ccc(NCCNc2cc(C)nc3ncnn23)c([N+](=O)[O-])c1. The quantitative estimate of drug-likeness (QED) is 0.405. The molecule has 9 nitrogen and oxygen atoms in total. The summed E-state index contributed by atoms with van der Waals surface area (Å²) in [6.45, 7) is 4.78. The van der Waals surface area contributed by atoms with Gasteiger partial charge in [0.15, 0.2) is 0 Å². The smallest absolute Gasteiger partial charge is 0.292 e. The Labute approximate surface area is 137 Å². The second-order valence-corrected chi connectivity index (χ2v) is 5.39. The van der Waals surface area contributed by atoms with Gasteiger partial charge in [0.2, 0.25) is 0 Å². The predicted octanol–water partition coefficient (Wildman–Crippen LogP) is 2.17. The Bertz CT molecular complexity index is 891. The van der Waals surface area contributed by atoms with Gasteiger partial charge >= 0.3 is 0 Å². The maximum absolute atomic E-state index is 11.1. The van der Waals surface area contributed by atoms with Crippen molar-refractivity contribution < 1.29 is 4.92 Å². The van der Waals surface area contributed by atoms with E-state index < -0.39 is 0 Å². The molecular formula is C15H17N7O2. The minimum Gasteiger partial charge on any atom is -0.378 e. The van der Waals surface area contributed by atoms with E-state index in [-0.39, 0.29) is 10.6 Å². The van der Waals surface area contributed by atoms with Gasteiger partial charge in [0, 0.05) is 30.9 Å². The van der Waals surface area contributed by atoms with Gasteiger partial charge in [-0.15, -0.1) is 0 Å². The standard InChI is InChI=1S/C15H17N7O2/c1-10-3-4-12(13(7-10)22(23)24)16-5-6-17-14-8-11(2)20-15-18-9-19-21(14)15/h3-4,7-9,16-17H,5-6H2,1-2H3.